The minimum Gasteiger partial charge on any atom is -0.377 e. The lowest BCUT2D eigenvalue weighted by atomic mass is 10.2. The van der Waals surface area contributed by atoms with Crippen LogP contribution >= 0.6 is 28.6 Å². The molecule has 3 nitrogen and oxygen atoms in total. The van der Waals surface area contributed by atoms with Gasteiger partial charge in [0, 0.05) is 15.9 Å². The number of rotatable bonds is 5. The summed E-state index contributed by atoms with van der Waals surface area (Å²) in [7, 11) is 0. The van der Waals surface area contributed by atoms with Crippen LogP contribution in [0.3, 0.4) is 0 Å². The topological polar surface area (TPSA) is 38.3 Å². The van der Waals surface area contributed by atoms with Crippen LogP contribution in [0.25, 0.3) is 0 Å². The zero-order valence-corrected chi connectivity index (χ0v) is 12.3. The monoisotopic (exact) mass is 317 g/mol. The molecule has 17 heavy (non-hydrogen) atoms. The Morgan fingerprint density at radius 3 is 2.88 bits per heavy atom. The molecule has 1 rings (SSSR count). The summed E-state index contributed by atoms with van der Waals surface area (Å²) in [5.41, 5.74) is 0.585. The lowest BCUT2D eigenvalue weighted by Crippen LogP contribution is -2.28. The van der Waals surface area contributed by atoms with Crippen LogP contribution in [0.2, 0.25) is 0 Å². The van der Waals surface area contributed by atoms with E-state index in [1.807, 2.05) is 26.0 Å². The Hall–Kier alpha value is -0.520. The fraction of sp³-hybridized carbons (Fsp3) is 0.417. The van der Waals surface area contributed by atoms with Gasteiger partial charge in [0.25, 0.3) is 5.91 Å². The molecular formula is C12H16BrNO2S. The van der Waals surface area contributed by atoms with Crippen molar-refractivity contribution in [2.24, 2.45) is 0 Å². The molecule has 0 fully saturated rings. The third-order valence-electron chi connectivity index (χ3n) is 2.03. The fourth-order valence-corrected chi connectivity index (χ4v) is 1.87. The third kappa shape index (κ3) is 5.10. The molecule has 0 aliphatic rings. The largest absolute Gasteiger partial charge is 0.377 e. The lowest BCUT2D eigenvalue weighted by molar-refractivity contribution is 0.0746. The number of nitrogens with one attached hydrogen (secondary N) is 1. The zero-order chi connectivity index (χ0) is 12.8. The molecule has 1 amide bonds. The highest BCUT2D eigenvalue weighted by atomic mass is 79.9. The van der Waals surface area contributed by atoms with E-state index in [9.17, 15) is 4.79 Å². The van der Waals surface area contributed by atoms with Crippen molar-refractivity contribution in [3.8, 4) is 0 Å². The van der Waals surface area contributed by atoms with Crippen LogP contribution in [0.4, 0.5) is 0 Å². The van der Waals surface area contributed by atoms with Gasteiger partial charge in [-0.3, -0.25) is 4.79 Å². The summed E-state index contributed by atoms with van der Waals surface area (Å²) in [6.45, 7) is 4.94. The smallest absolute Gasteiger partial charge is 0.252 e. The Balaban J connectivity index is 2.49. The SMILES string of the molecule is CC(C)OCCNC(=O)c1cc(S)ccc1Br. The summed E-state index contributed by atoms with van der Waals surface area (Å²) in [6.07, 6.45) is 0.180. The number of ether oxygens (including phenoxy) is 1. The minimum atomic E-state index is -0.125. The Bertz CT molecular complexity index is 396. The number of amides is 1. The van der Waals surface area contributed by atoms with Crippen LogP contribution < -0.4 is 5.32 Å². The van der Waals surface area contributed by atoms with E-state index in [4.69, 9.17) is 4.74 Å². The highest BCUT2D eigenvalue weighted by molar-refractivity contribution is 9.10. The molecule has 5 heteroatoms. The molecule has 0 aliphatic carbocycles. The first-order valence-electron chi connectivity index (χ1n) is 5.39. The van der Waals surface area contributed by atoms with E-state index < -0.39 is 0 Å². The summed E-state index contributed by atoms with van der Waals surface area (Å²) in [5, 5.41) is 2.79. The Labute approximate surface area is 115 Å². The van der Waals surface area contributed by atoms with E-state index in [-0.39, 0.29) is 12.0 Å². The fourth-order valence-electron chi connectivity index (χ4n) is 1.24. The van der Waals surface area contributed by atoms with Crippen molar-refractivity contribution in [2.75, 3.05) is 13.2 Å². The van der Waals surface area contributed by atoms with Crippen molar-refractivity contribution in [3.05, 3.63) is 28.2 Å². The van der Waals surface area contributed by atoms with Crippen LogP contribution in [0, 0.1) is 0 Å². The number of carbonyl (C=O) groups is 1. The van der Waals surface area contributed by atoms with Gasteiger partial charge in [-0.1, -0.05) is 0 Å². The molecule has 0 aromatic heterocycles. The highest BCUT2D eigenvalue weighted by Gasteiger charge is 2.09. The summed E-state index contributed by atoms with van der Waals surface area (Å²) in [4.78, 5) is 12.6. The first-order chi connectivity index (χ1) is 8.00. The summed E-state index contributed by atoms with van der Waals surface area (Å²) < 4.78 is 6.10. The number of thiol groups is 1. The maximum Gasteiger partial charge on any atom is 0.252 e. The molecule has 94 valence electrons. The molecule has 0 aliphatic heterocycles. The van der Waals surface area contributed by atoms with Gasteiger partial charge in [-0.15, -0.1) is 12.6 Å². The number of hydrogen-bond donors (Lipinski definition) is 2. The van der Waals surface area contributed by atoms with Gasteiger partial charge < -0.3 is 10.1 Å². The van der Waals surface area contributed by atoms with E-state index in [1.165, 1.54) is 0 Å². The average Bonchev–Trinajstić information content (AvgIpc) is 2.27. The highest BCUT2D eigenvalue weighted by Crippen LogP contribution is 2.19. The number of carbonyl (C=O) groups excluding carboxylic acids is 1. The van der Waals surface area contributed by atoms with Crippen LogP contribution in [0.15, 0.2) is 27.6 Å². The van der Waals surface area contributed by atoms with E-state index in [2.05, 4.69) is 33.9 Å². The van der Waals surface area contributed by atoms with Crippen LogP contribution in [0.5, 0.6) is 0 Å². The van der Waals surface area contributed by atoms with Gasteiger partial charge in [0.15, 0.2) is 0 Å². The van der Waals surface area contributed by atoms with E-state index in [1.54, 1.807) is 6.07 Å². The molecule has 1 N–H and O–H groups in total. The zero-order valence-electron chi connectivity index (χ0n) is 9.87. The van der Waals surface area contributed by atoms with Crippen molar-refractivity contribution < 1.29 is 9.53 Å². The van der Waals surface area contributed by atoms with Gasteiger partial charge >= 0.3 is 0 Å². The molecule has 0 atom stereocenters. The lowest BCUT2D eigenvalue weighted by Gasteiger charge is -2.09. The van der Waals surface area contributed by atoms with Gasteiger partial charge in [-0.25, -0.2) is 0 Å². The molecule has 0 unspecified atom stereocenters. The summed E-state index contributed by atoms with van der Waals surface area (Å²) in [5.74, 6) is -0.125. The second kappa shape index (κ2) is 7.03. The molecule has 0 saturated carbocycles. The summed E-state index contributed by atoms with van der Waals surface area (Å²) in [6, 6.07) is 5.36. The van der Waals surface area contributed by atoms with Crippen molar-refractivity contribution in [1.29, 1.82) is 0 Å². The maximum absolute atomic E-state index is 11.8. The average molecular weight is 318 g/mol. The number of halogens is 1. The molecule has 0 saturated heterocycles. The third-order valence-corrected chi connectivity index (χ3v) is 3.00. The molecular weight excluding hydrogens is 302 g/mol. The molecule has 0 bridgehead atoms. The van der Waals surface area contributed by atoms with Gasteiger partial charge in [-0.05, 0) is 48.0 Å². The van der Waals surface area contributed by atoms with Gasteiger partial charge in [-0.2, -0.15) is 0 Å². The summed E-state index contributed by atoms with van der Waals surface area (Å²) >= 11 is 7.54. The van der Waals surface area contributed by atoms with Gasteiger partial charge in [0.05, 0.1) is 18.3 Å². The molecule has 0 radical (unpaired) electrons. The predicted octanol–water partition coefficient (Wildman–Crippen LogP) is 2.89. The quantitative estimate of drug-likeness (QED) is 0.647. The van der Waals surface area contributed by atoms with Crippen molar-refractivity contribution in [1.82, 2.24) is 5.32 Å². The molecule has 0 spiro atoms. The van der Waals surface area contributed by atoms with Crippen molar-refractivity contribution in [3.63, 3.8) is 0 Å². The van der Waals surface area contributed by atoms with Crippen LogP contribution in [0.1, 0.15) is 24.2 Å². The first-order valence-corrected chi connectivity index (χ1v) is 6.63. The number of hydrogen-bond acceptors (Lipinski definition) is 3. The molecule has 1 aromatic rings. The predicted molar refractivity (Wildman–Crippen MR) is 74.8 cm³/mol. The second-order valence-corrected chi connectivity index (χ2v) is 5.21. The number of benzene rings is 1. The van der Waals surface area contributed by atoms with Gasteiger partial charge in [0.1, 0.15) is 0 Å². The van der Waals surface area contributed by atoms with E-state index in [0.717, 1.165) is 9.37 Å². The minimum absolute atomic E-state index is 0.125. The van der Waals surface area contributed by atoms with E-state index in [0.29, 0.717) is 18.7 Å². The Kier molecular flexibility index (Phi) is 6.02. The first kappa shape index (κ1) is 14.5. The second-order valence-electron chi connectivity index (χ2n) is 3.84. The normalized spacial score (nSPS) is 10.6. The Morgan fingerprint density at radius 1 is 1.53 bits per heavy atom. The van der Waals surface area contributed by atoms with Crippen molar-refractivity contribution in [2.45, 2.75) is 24.8 Å². The van der Waals surface area contributed by atoms with Crippen LogP contribution in [-0.2, 0) is 4.74 Å². The molecule has 0 heterocycles. The Morgan fingerprint density at radius 2 is 2.24 bits per heavy atom. The maximum atomic E-state index is 11.8. The van der Waals surface area contributed by atoms with Crippen LogP contribution in [-0.4, -0.2) is 25.2 Å². The standard InChI is InChI=1S/C12H16BrNO2S/c1-8(2)16-6-5-14-12(15)10-7-9(17)3-4-11(10)13/h3-4,7-8,17H,5-6H2,1-2H3,(H,14,15). The van der Waals surface area contributed by atoms with E-state index >= 15 is 0 Å². The van der Waals surface area contributed by atoms with Gasteiger partial charge in [0.2, 0.25) is 0 Å². The van der Waals surface area contributed by atoms with Crippen molar-refractivity contribution >= 4 is 34.5 Å². The molecule has 1 aromatic carbocycles.